The molecule has 2 amide bonds. The lowest BCUT2D eigenvalue weighted by Gasteiger charge is -2.09. The van der Waals surface area contributed by atoms with E-state index < -0.39 is 16.1 Å². The van der Waals surface area contributed by atoms with Crippen molar-refractivity contribution in [3.63, 3.8) is 0 Å². The summed E-state index contributed by atoms with van der Waals surface area (Å²) in [7, 11) is -3.93. The quantitative estimate of drug-likeness (QED) is 0.724. The van der Waals surface area contributed by atoms with Crippen LogP contribution in [0.1, 0.15) is 13.3 Å². The first-order valence-electron chi connectivity index (χ1n) is 5.22. The SMILES string of the molecule is CCCNC(=O)NS(=O)(=O)c1cc(N)ccc1Br. The minimum Gasteiger partial charge on any atom is -0.399 e. The second-order valence-corrected chi connectivity index (χ2v) is 6.06. The number of nitrogens with two attached hydrogens (primary N) is 1. The Morgan fingerprint density at radius 1 is 1.44 bits per heavy atom. The van der Waals surface area contributed by atoms with Crippen molar-refractivity contribution in [2.45, 2.75) is 18.2 Å². The van der Waals surface area contributed by atoms with Gasteiger partial charge in [-0.25, -0.2) is 17.9 Å². The Labute approximate surface area is 114 Å². The number of amides is 2. The molecule has 1 aromatic rings. The van der Waals surface area contributed by atoms with Crippen LogP contribution in [0.25, 0.3) is 0 Å². The molecule has 0 saturated carbocycles. The van der Waals surface area contributed by atoms with E-state index in [2.05, 4.69) is 21.2 Å². The Kier molecular flexibility index (Phi) is 4.97. The summed E-state index contributed by atoms with van der Waals surface area (Å²) >= 11 is 3.10. The van der Waals surface area contributed by atoms with Crippen LogP contribution in [0.2, 0.25) is 0 Å². The van der Waals surface area contributed by atoms with Crippen LogP contribution < -0.4 is 15.8 Å². The molecule has 0 saturated heterocycles. The van der Waals surface area contributed by atoms with Crippen LogP contribution in [0.5, 0.6) is 0 Å². The Morgan fingerprint density at radius 3 is 2.72 bits per heavy atom. The van der Waals surface area contributed by atoms with Crippen molar-refractivity contribution >= 4 is 37.7 Å². The van der Waals surface area contributed by atoms with Gasteiger partial charge >= 0.3 is 6.03 Å². The van der Waals surface area contributed by atoms with Crippen LogP contribution >= 0.6 is 15.9 Å². The Balaban J connectivity index is 2.93. The second-order valence-electron chi connectivity index (χ2n) is 3.55. The molecule has 0 heterocycles. The molecule has 18 heavy (non-hydrogen) atoms. The van der Waals surface area contributed by atoms with Gasteiger partial charge in [-0.2, -0.15) is 0 Å². The van der Waals surface area contributed by atoms with Crippen LogP contribution in [-0.4, -0.2) is 21.0 Å². The summed E-state index contributed by atoms with van der Waals surface area (Å²) in [4.78, 5) is 11.3. The summed E-state index contributed by atoms with van der Waals surface area (Å²) in [6, 6.07) is 3.58. The predicted molar refractivity (Wildman–Crippen MR) is 72.6 cm³/mol. The molecular formula is C10H14BrN3O3S. The molecule has 0 atom stereocenters. The van der Waals surface area contributed by atoms with Crippen LogP contribution in [0.15, 0.2) is 27.6 Å². The lowest BCUT2D eigenvalue weighted by molar-refractivity contribution is 0.246. The number of rotatable bonds is 4. The molecule has 8 heteroatoms. The molecule has 0 unspecified atom stereocenters. The van der Waals surface area contributed by atoms with Crippen LogP contribution in [0, 0.1) is 0 Å². The fraction of sp³-hybridized carbons (Fsp3) is 0.300. The predicted octanol–water partition coefficient (Wildman–Crippen LogP) is 1.43. The van der Waals surface area contributed by atoms with Gasteiger partial charge < -0.3 is 11.1 Å². The highest BCUT2D eigenvalue weighted by Gasteiger charge is 2.20. The Morgan fingerprint density at radius 2 is 2.11 bits per heavy atom. The molecule has 0 aliphatic heterocycles. The van der Waals surface area contributed by atoms with Gasteiger partial charge in [0.15, 0.2) is 0 Å². The maximum absolute atomic E-state index is 11.9. The fourth-order valence-electron chi connectivity index (χ4n) is 1.18. The number of nitrogens with one attached hydrogen (secondary N) is 2. The maximum Gasteiger partial charge on any atom is 0.328 e. The number of sulfonamides is 1. The van der Waals surface area contributed by atoms with Crippen molar-refractivity contribution in [2.75, 3.05) is 12.3 Å². The van der Waals surface area contributed by atoms with Gasteiger partial charge in [0, 0.05) is 16.7 Å². The molecule has 0 aromatic heterocycles. The van der Waals surface area contributed by atoms with E-state index in [4.69, 9.17) is 5.73 Å². The summed E-state index contributed by atoms with van der Waals surface area (Å²) in [6.07, 6.45) is 0.718. The average Bonchev–Trinajstić information content (AvgIpc) is 2.29. The lowest BCUT2D eigenvalue weighted by Crippen LogP contribution is -2.39. The molecule has 0 bridgehead atoms. The molecule has 4 N–H and O–H groups in total. The normalized spacial score (nSPS) is 11.0. The molecule has 6 nitrogen and oxygen atoms in total. The van der Waals surface area contributed by atoms with E-state index in [9.17, 15) is 13.2 Å². The third-order valence-electron chi connectivity index (χ3n) is 2.01. The van der Waals surface area contributed by atoms with E-state index in [1.165, 1.54) is 12.1 Å². The second kappa shape index (κ2) is 6.05. The molecule has 0 fully saturated rings. The molecule has 100 valence electrons. The van der Waals surface area contributed by atoms with E-state index in [1.54, 1.807) is 6.07 Å². The highest BCUT2D eigenvalue weighted by Crippen LogP contribution is 2.23. The zero-order valence-electron chi connectivity index (χ0n) is 9.73. The first-order chi connectivity index (χ1) is 8.36. The Hall–Kier alpha value is -1.28. The maximum atomic E-state index is 11.9. The first kappa shape index (κ1) is 14.8. The van der Waals surface area contributed by atoms with Crippen LogP contribution in [-0.2, 0) is 10.0 Å². The number of benzene rings is 1. The molecule has 0 radical (unpaired) electrons. The van der Waals surface area contributed by atoms with Gasteiger partial charge in [-0.3, -0.25) is 0 Å². The molecule has 0 aliphatic rings. The van der Waals surface area contributed by atoms with Crippen molar-refractivity contribution in [2.24, 2.45) is 0 Å². The van der Waals surface area contributed by atoms with Crippen molar-refractivity contribution in [3.8, 4) is 0 Å². The van der Waals surface area contributed by atoms with E-state index in [1.807, 2.05) is 11.6 Å². The topological polar surface area (TPSA) is 101 Å². The molecule has 1 rings (SSSR count). The third-order valence-corrected chi connectivity index (χ3v) is 4.33. The Bertz CT molecular complexity index is 545. The molecule has 0 spiro atoms. The van der Waals surface area contributed by atoms with Gasteiger partial charge in [0.25, 0.3) is 10.0 Å². The summed E-state index contributed by atoms with van der Waals surface area (Å²) in [5, 5.41) is 2.42. The van der Waals surface area contributed by atoms with Gasteiger partial charge in [-0.05, 0) is 40.5 Å². The van der Waals surface area contributed by atoms with Gasteiger partial charge in [0.2, 0.25) is 0 Å². The highest BCUT2D eigenvalue weighted by molar-refractivity contribution is 9.10. The van der Waals surface area contributed by atoms with Crippen molar-refractivity contribution in [1.29, 1.82) is 0 Å². The summed E-state index contributed by atoms with van der Waals surface area (Å²) in [5.41, 5.74) is 5.82. The lowest BCUT2D eigenvalue weighted by atomic mass is 10.3. The number of carbonyl (C=O) groups excluding carboxylic acids is 1. The van der Waals surface area contributed by atoms with E-state index >= 15 is 0 Å². The number of carbonyl (C=O) groups is 1. The first-order valence-corrected chi connectivity index (χ1v) is 7.50. The van der Waals surface area contributed by atoms with Crippen molar-refractivity contribution in [3.05, 3.63) is 22.7 Å². The number of hydrogen-bond donors (Lipinski definition) is 3. The van der Waals surface area contributed by atoms with Gasteiger partial charge in [0.1, 0.15) is 4.90 Å². The number of hydrogen-bond acceptors (Lipinski definition) is 4. The largest absolute Gasteiger partial charge is 0.399 e. The van der Waals surface area contributed by atoms with E-state index in [0.717, 1.165) is 6.42 Å². The summed E-state index contributed by atoms with van der Waals surface area (Å²) in [5.74, 6) is 0. The number of nitrogen functional groups attached to an aromatic ring is 1. The number of urea groups is 1. The standard InChI is InChI=1S/C10H14BrN3O3S/c1-2-5-13-10(15)14-18(16,17)9-6-7(12)3-4-8(9)11/h3-4,6H,2,5,12H2,1H3,(H2,13,14,15). The van der Waals surface area contributed by atoms with Crippen LogP contribution in [0.3, 0.4) is 0 Å². The summed E-state index contributed by atoms with van der Waals surface area (Å²) in [6.45, 7) is 2.27. The minimum absolute atomic E-state index is 0.0749. The molecule has 1 aromatic carbocycles. The van der Waals surface area contributed by atoms with Gasteiger partial charge in [-0.1, -0.05) is 6.92 Å². The van der Waals surface area contributed by atoms with Crippen LogP contribution in [0.4, 0.5) is 10.5 Å². The van der Waals surface area contributed by atoms with Crippen molar-refractivity contribution in [1.82, 2.24) is 10.0 Å². The minimum atomic E-state index is -3.93. The smallest absolute Gasteiger partial charge is 0.328 e. The zero-order chi connectivity index (χ0) is 13.8. The molecule has 0 aliphatic carbocycles. The van der Waals surface area contributed by atoms with E-state index in [0.29, 0.717) is 16.7 Å². The number of halogens is 1. The average molecular weight is 336 g/mol. The monoisotopic (exact) mass is 335 g/mol. The number of anilines is 1. The zero-order valence-corrected chi connectivity index (χ0v) is 12.1. The van der Waals surface area contributed by atoms with Gasteiger partial charge in [0.05, 0.1) is 0 Å². The highest BCUT2D eigenvalue weighted by atomic mass is 79.9. The van der Waals surface area contributed by atoms with Crippen molar-refractivity contribution < 1.29 is 13.2 Å². The fourth-order valence-corrected chi connectivity index (χ4v) is 3.11. The van der Waals surface area contributed by atoms with E-state index in [-0.39, 0.29) is 4.90 Å². The summed E-state index contributed by atoms with van der Waals surface area (Å²) < 4.78 is 26.1. The third kappa shape index (κ3) is 3.88. The van der Waals surface area contributed by atoms with Gasteiger partial charge in [-0.15, -0.1) is 0 Å². The molecular weight excluding hydrogens is 322 g/mol.